The van der Waals surface area contributed by atoms with Gasteiger partial charge in [-0.15, -0.1) is 0 Å². The molecule has 2 rings (SSSR count). The third kappa shape index (κ3) is 10.9. The van der Waals surface area contributed by atoms with Crippen molar-refractivity contribution in [1.29, 1.82) is 0 Å². The molecule has 3 atom stereocenters. The quantitative estimate of drug-likeness (QED) is 0.0888. The fourth-order valence-electron chi connectivity index (χ4n) is 5.35. The van der Waals surface area contributed by atoms with Gasteiger partial charge in [-0.1, -0.05) is 77.6 Å². The van der Waals surface area contributed by atoms with Crippen LogP contribution in [0.15, 0.2) is 9.98 Å². The van der Waals surface area contributed by atoms with E-state index >= 15 is 0 Å². The molecule has 208 valence electrons. The third-order valence-electron chi connectivity index (χ3n) is 7.28. The number of ether oxygens (including phenoxy) is 2. The van der Waals surface area contributed by atoms with Crippen LogP contribution >= 0.6 is 0 Å². The molecule has 0 bridgehead atoms. The van der Waals surface area contributed by atoms with E-state index in [0.29, 0.717) is 25.7 Å². The summed E-state index contributed by atoms with van der Waals surface area (Å²) in [7, 11) is 0. The number of hydrogen-bond donors (Lipinski definition) is 4. The molecular weight excluding hydrogens is 456 g/mol. The van der Waals surface area contributed by atoms with Crippen LogP contribution in [0, 0.1) is 5.92 Å². The molecule has 36 heavy (non-hydrogen) atoms. The first-order valence-electron chi connectivity index (χ1n) is 14.5. The Morgan fingerprint density at radius 1 is 1.03 bits per heavy atom. The summed E-state index contributed by atoms with van der Waals surface area (Å²) in [4.78, 5) is 21.9. The minimum Gasteiger partial charge on any atom is -0.465 e. The highest BCUT2D eigenvalue weighted by molar-refractivity contribution is 5.84. The number of esters is 1. The van der Waals surface area contributed by atoms with Gasteiger partial charge in [-0.3, -0.25) is 9.79 Å². The van der Waals surface area contributed by atoms with Crippen molar-refractivity contribution in [1.82, 2.24) is 5.32 Å². The van der Waals surface area contributed by atoms with Crippen LogP contribution in [0.5, 0.6) is 0 Å². The summed E-state index contributed by atoms with van der Waals surface area (Å²) in [5, 5.41) is 3.19. The number of carbonyl (C=O) groups is 1. The number of carbonyl (C=O) groups excluding carboxylic acids is 1. The molecule has 0 aromatic heterocycles. The Kier molecular flexibility index (Phi) is 14.6. The Hall–Kier alpha value is -2.03. The first-order chi connectivity index (χ1) is 17.5. The van der Waals surface area contributed by atoms with E-state index in [0.717, 1.165) is 51.4 Å². The van der Waals surface area contributed by atoms with E-state index in [9.17, 15) is 4.79 Å². The molecule has 1 saturated heterocycles. The number of nitrogens with two attached hydrogens (primary N) is 3. The molecule has 1 spiro atoms. The minimum atomic E-state index is -0.793. The Balaban J connectivity index is 1.76. The van der Waals surface area contributed by atoms with Crippen LogP contribution in [-0.2, 0) is 14.3 Å². The van der Waals surface area contributed by atoms with Gasteiger partial charge in [0.15, 0.2) is 17.6 Å². The Labute approximate surface area is 218 Å². The first-order valence-corrected chi connectivity index (χ1v) is 14.5. The Morgan fingerprint density at radius 2 is 1.67 bits per heavy atom. The molecular formula is C27H52N6O3. The highest BCUT2D eigenvalue weighted by Gasteiger charge is 2.53. The molecule has 0 amide bonds. The number of nitrogens with one attached hydrogen (secondary N) is 1. The van der Waals surface area contributed by atoms with E-state index in [1.54, 1.807) is 0 Å². The third-order valence-corrected chi connectivity index (χ3v) is 7.28. The average Bonchev–Trinajstić information content (AvgIpc) is 3.29. The van der Waals surface area contributed by atoms with E-state index in [1.165, 1.54) is 57.8 Å². The van der Waals surface area contributed by atoms with Crippen molar-refractivity contribution < 1.29 is 14.3 Å². The summed E-state index contributed by atoms with van der Waals surface area (Å²) in [5.41, 5.74) is 16.0. The van der Waals surface area contributed by atoms with Crippen LogP contribution in [-0.4, -0.2) is 49.4 Å². The molecule has 0 aromatic rings. The summed E-state index contributed by atoms with van der Waals surface area (Å²) in [5.74, 6) is -0.236. The van der Waals surface area contributed by atoms with Crippen molar-refractivity contribution in [3.05, 3.63) is 0 Å². The van der Waals surface area contributed by atoms with Crippen LogP contribution in [0.1, 0.15) is 116 Å². The number of nitrogens with zero attached hydrogens (tertiary/aromatic N) is 2. The predicted octanol–water partition coefficient (Wildman–Crippen LogP) is 4.08. The topological polar surface area (TPSA) is 150 Å². The van der Waals surface area contributed by atoms with Crippen molar-refractivity contribution in [3.8, 4) is 0 Å². The van der Waals surface area contributed by atoms with E-state index in [2.05, 4.69) is 22.2 Å². The van der Waals surface area contributed by atoms with Gasteiger partial charge in [0.2, 0.25) is 0 Å². The maximum absolute atomic E-state index is 13.2. The van der Waals surface area contributed by atoms with Crippen LogP contribution in [0.3, 0.4) is 0 Å². The predicted molar refractivity (Wildman–Crippen MR) is 147 cm³/mol. The van der Waals surface area contributed by atoms with Gasteiger partial charge in [0.1, 0.15) is 5.92 Å². The molecule has 0 saturated carbocycles. The summed E-state index contributed by atoms with van der Waals surface area (Å²) in [6.07, 6.45) is 19.1. The lowest BCUT2D eigenvalue weighted by atomic mass is 9.82. The van der Waals surface area contributed by atoms with Gasteiger partial charge in [-0.2, -0.15) is 0 Å². The lowest BCUT2D eigenvalue weighted by Gasteiger charge is -2.42. The van der Waals surface area contributed by atoms with E-state index in [1.807, 2.05) is 0 Å². The number of unbranched alkanes of at least 4 members (excludes halogenated alkanes) is 12. The minimum absolute atomic E-state index is 0.108. The van der Waals surface area contributed by atoms with E-state index in [4.69, 9.17) is 26.7 Å². The first kappa shape index (κ1) is 30.2. The molecule has 9 nitrogen and oxygen atoms in total. The second-order valence-electron chi connectivity index (χ2n) is 10.4. The highest BCUT2D eigenvalue weighted by Crippen LogP contribution is 2.38. The second kappa shape index (κ2) is 17.4. The molecule has 9 heteroatoms. The van der Waals surface area contributed by atoms with Gasteiger partial charge in [0.25, 0.3) is 0 Å². The molecule has 2 aliphatic heterocycles. The summed E-state index contributed by atoms with van der Waals surface area (Å²) in [6, 6.07) is -0.211. The molecule has 2 aliphatic rings. The summed E-state index contributed by atoms with van der Waals surface area (Å²) >= 11 is 0. The van der Waals surface area contributed by atoms with Gasteiger partial charge in [0.05, 0.1) is 12.6 Å². The van der Waals surface area contributed by atoms with E-state index < -0.39 is 11.6 Å². The average molecular weight is 509 g/mol. The largest absolute Gasteiger partial charge is 0.465 e. The van der Waals surface area contributed by atoms with E-state index in [-0.39, 0.29) is 18.0 Å². The Morgan fingerprint density at radius 3 is 2.28 bits per heavy atom. The number of guanidine groups is 2. The molecule has 0 radical (unpaired) electrons. The molecule has 3 unspecified atom stereocenters. The fraction of sp³-hybridized carbons (Fsp3) is 0.889. The lowest BCUT2D eigenvalue weighted by molar-refractivity contribution is -0.165. The number of rotatable bonds is 19. The molecule has 1 fully saturated rings. The van der Waals surface area contributed by atoms with Crippen LogP contribution in [0.2, 0.25) is 0 Å². The van der Waals surface area contributed by atoms with Gasteiger partial charge < -0.3 is 32.0 Å². The van der Waals surface area contributed by atoms with Crippen LogP contribution in [0.4, 0.5) is 0 Å². The zero-order valence-corrected chi connectivity index (χ0v) is 22.6. The van der Waals surface area contributed by atoms with Gasteiger partial charge >= 0.3 is 5.97 Å². The van der Waals surface area contributed by atoms with Gasteiger partial charge in [-0.25, -0.2) is 4.99 Å². The summed E-state index contributed by atoms with van der Waals surface area (Å²) in [6.45, 7) is 3.84. The monoisotopic (exact) mass is 508 g/mol. The smallest absolute Gasteiger partial charge is 0.316 e. The van der Waals surface area contributed by atoms with Crippen molar-refractivity contribution in [2.75, 3.05) is 19.8 Å². The van der Waals surface area contributed by atoms with Gasteiger partial charge in [-0.05, 0) is 38.5 Å². The normalized spacial score (nSPS) is 23.3. The molecule has 2 heterocycles. The Bertz CT molecular complexity index is 674. The molecule has 7 N–H and O–H groups in total. The van der Waals surface area contributed by atoms with Crippen molar-refractivity contribution in [2.24, 2.45) is 33.1 Å². The van der Waals surface area contributed by atoms with Gasteiger partial charge in [0, 0.05) is 13.2 Å². The fourth-order valence-corrected chi connectivity index (χ4v) is 5.35. The van der Waals surface area contributed by atoms with Crippen LogP contribution < -0.4 is 22.5 Å². The maximum Gasteiger partial charge on any atom is 0.316 e. The van der Waals surface area contributed by atoms with Crippen molar-refractivity contribution in [3.63, 3.8) is 0 Å². The lowest BCUT2D eigenvalue weighted by Crippen LogP contribution is -2.64. The molecule has 0 aromatic carbocycles. The zero-order chi connectivity index (χ0) is 26.1. The second-order valence-corrected chi connectivity index (χ2v) is 10.4. The maximum atomic E-state index is 13.2. The number of aliphatic imine (C=N–C) groups is 2. The summed E-state index contributed by atoms with van der Waals surface area (Å²) < 4.78 is 11.8. The SMILES string of the molecule is CCCCCCCCCCCCCC1N=C(N)NC2(CCCO2)C1C(=O)OCCCCCN=C(N)N. The standard InChI is InChI=1S/C27H52N6O3/c1-2-3-4-5-6-7-8-9-10-11-13-17-22-23(27(18-16-21-36-27)33-26(30)32-22)24(34)35-20-15-12-14-19-31-25(28)29/h22-23H,2-21H2,1H3,(H4,28,29,31)(H3,30,32,33). The molecule has 0 aliphatic carbocycles. The van der Waals surface area contributed by atoms with Crippen molar-refractivity contribution in [2.45, 2.75) is 128 Å². The highest BCUT2D eigenvalue weighted by atomic mass is 16.5. The number of hydrogen-bond acceptors (Lipinski definition) is 7. The van der Waals surface area contributed by atoms with Crippen LogP contribution in [0.25, 0.3) is 0 Å². The van der Waals surface area contributed by atoms with Crippen molar-refractivity contribution >= 4 is 17.9 Å². The zero-order valence-electron chi connectivity index (χ0n) is 22.6.